The molecule has 56 heavy (non-hydrogen) atoms. The van der Waals surface area contributed by atoms with E-state index in [4.69, 9.17) is 9.47 Å². The minimum Gasteiger partial charge on any atom is -0.394 e. The van der Waals surface area contributed by atoms with E-state index in [0.717, 1.165) is 51.4 Å². The summed E-state index contributed by atoms with van der Waals surface area (Å²) in [6.07, 6.45) is 32.6. The van der Waals surface area contributed by atoms with Crippen LogP contribution >= 0.6 is 0 Å². The van der Waals surface area contributed by atoms with Crippen LogP contribution in [0.3, 0.4) is 0 Å². The summed E-state index contributed by atoms with van der Waals surface area (Å²) in [7, 11) is 0. The molecule has 1 saturated heterocycles. The largest absolute Gasteiger partial charge is 0.394 e. The Balaban J connectivity index is 2.44. The predicted molar refractivity (Wildman–Crippen MR) is 227 cm³/mol. The molecule has 1 aliphatic heterocycles. The highest BCUT2D eigenvalue weighted by Crippen LogP contribution is 2.23. The van der Waals surface area contributed by atoms with Crippen molar-refractivity contribution < 1.29 is 44.9 Å². The normalized spacial score (nSPS) is 21.9. The van der Waals surface area contributed by atoms with Gasteiger partial charge in [-0.15, -0.1) is 0 Å². The first-order chi connectivity index (χ1) is 27.3. The molecular weight excluding hydrogens is 711 g/mol. The second kappa shape index (κ2) is 36.7. The van der Waals surface area contributed by atoms with Gasteiger partial charge >= 0.3 is 0 Å². The second-order valence-corrected chi connectivity index (χ2v) is 16.3. The molecule has 0 aromatic rings. The molecule has 10 heteroatoms. The number of amides is 1. The smallest absolute Gasteiger partial charge is 0.249 e. The Hall–Kier alpha value is -1.37. The van der Waals surface area contributed by atoms with Crippen LogP contribution in [0.2, 0.25) is 0 Å². The molecule has 7 N–H and O–H groups in total. The zero-order valence-corrected chi connectivity index (χ0v) is 35.8. The van der Waals surface area contributed by atoms with E-state index < -0.39 is 61.5 Å². The summed E-state index contributed by atoms with van der Waals surface area (Å²) in [5, 5.41) is 64.6. The Kier molecular flexibility index (Phi) is 34.5. The fraction of sp³-hybridized carbons (Fsp3) is 0.891. The summed E-state index contributed by atoms with van der Waals surface area (Å²) in [6.45, 7) is 3.60. The third-order valence-electron chi connectivity index (χ3n) is 11.1. The molecule has 0 spiro atoms. The average Bonchev–Trinajstić information content (AvgIpc) is 3.20. The highest BCUT2D eigenvalue weighted by Gasteiger charge is 2.44. The van der Waals surface area contributed by atoms with Crippen LogP contribution in [-0.2, 0) is 14.3 Å². The van der Waals surface area contributed by atoms with Crippen LogP contribution in [0.25, 0.3) is 0 Å². The van der Waals surface area contributed by atoms with Crippen molar-refractivity contribution in [3.63, 3.8) is 0 Å². The van der Waals surface area contributed by atoms with E-state index in [0.29, 0.717) is 12.8 Å². The SMILES string of the molecule is CCCCCCCCC/C=C\CCCCCCC(O)C(=O)NC(COC1OC(CO)C(O)C(O)C1O)C(O)/C=C/CCCCCCCCCCCCCCCC. The molecule has 1 heterocycles. The quantitative estimate of drug-likeness (QED) is 0.0239. The number of carbonyl (C=O) groups excluding carboxylic acids is 1. The topological polar surface area (TPSA) is 169 Å². The number of aliphatic hydroxyl groups excluding tert-OH is 6. The van der Waals surface area contributed by atoms with Gasteiger partial charge in [0.05, 0.1) is 25.4 Å². The van der Waals surface area contributed by atoms with Gasteiger partial charge in [0.1, 0.15) is 30.5 Å². The zero-order chi connectivity index (χ0) is 41.1. The predicted octanol–water partition coefficient (Wildman–Crippen LogP) is 8.47. The molecule has 8 unspecified atom stereocenters. The Morgan fingerprint density at radius 2 is 1.04 bits per heavy atom. The van der Waals surface area contributed by atoms with Gasteiger partial charge < -0.3 is 45.4 Å². The van der Waals surface area contributed by atoms with Crippen LogP contribution < -0.4 is 5.32 Å². The molecule has 0 aromatic carbocycles. The zero-order valence-electron chi connectivity index (χ0n) is 35.8. The van der Waals surface area contributed by atoms with Crippen molar-refractivity contribution in [3.05, 3.63) is 24.3 Å². The highest BCUT2D eigenvalue weighted by atomic mass is 16.7. The molecule has 0 saturated carbocycles. The summed E-state index contributed by atoms with van der Waals surface area (Å²) in [5.41, 5.74) is 0. The molecule has 0 radical (unpaired) electrons. The minimum atomic E-state index is -1.61. The third-order valence-corrected chi connectivity index (χ3v) is 11.1. The molecule has 10 nitrogen and oxygen atoms in total. The van der Waals surface area contributed by atoms with Crippen molar-refractivity contribution in [1.29, 1.82) is 0 Å². The maximum Gasteiger partial charge on any atom is 0.249 e. The minimum absolute atomic E-state index is 0.297. The molecular formula is C46H87NO9. The van der Waals surface area contributed by atoms with E-state index in [1.54, 1.807) is 6.08 Å². The van der Waals surface area contributed by atoms with Gasteiger partial charge in [-0.25, -0.2) is 0 Å². The molecule has 330 valence electrons. The van der Waals surface area contributed by atoms with Gasteiger partial charge in [-0.05, 0) is 44.9 Å². The van der Waals surface area contributed by atoms with Gasteiger partial charge in [0.2, 0.25) is 5.91 Å². The summed E-state index contributed by atoms with van der Waals surface area (Å²) in [6, 6.07) is -0.982. The lowest BCUT2D eigenvalue weighted by atomic mass is 9.99. The van der Waals surface area contributed by atoms with Crippen molar-refractivity contribution in [3.8, 4) is 0 Å². The number of unbranched alkanes of at least 4 members (excludes halogenated alkanes) is 25. The third kappa shape index (κ3) is 26.6. The van der Waals surface area contributed by atoms with E-state index in [-0.39, 0.29) is 6.61 Å². The van der Waals surface area contributed by atoms with Crippen LogP contribution in [0, 0.1) is 0 Å². The summed E-state index contributed by atoms with van der Waals surface area (Å²) >= 11 is 0. The van der Waals surface area contributed by atoms with E-state index in [1.165, 1.54) is 122 Å². The number of hydrogen-bond acceptors (Lipinski definition) is 9. The molecule has 1 amide bonds. The van der Waals surface area contributed by atoms with Crippen LogP contribution in [0.15, 0.2) is 24.3 Å². The maximum absolute atomic E-state index is 13.0. The first-order valence-corrected chi connectivity index (χ1v) is 23.2. The second-order valence-electron chi connectivity index (χ2n) is 16.3. The summed E-state index contributed by atoms with van der Waals surface area (Å²) in [4.78, 5) is 13.0. The Labute approximate surface area is 341 Å². The molecule has 0 aliphatic carbocycles. The first kappa shape index (κ1) is 52.6. The Morgan fingerprint density at radius 1 is 0.607 bits per heavy atom. The highest BCUT2D eigenvalue weighted by molar-refractivity contribution is 5.80. The standard InChI is InChI=1S/C46H87NO9/c1-3-5-7-9-11-13-15-17-19-21-22-24-26-28-30-32-34-39(49)38(37-55-46-44(53)43(52)42(51)41(36-48)56-46)47-45(54)40(50)35-33-31-29-27-25-23-20-18-16-14-12-10-8-6-4-2/h20,23,32,34,38-44,46,48-53H,3-19,21-22,24-31,33,35-37H2,1-2H3,(H,47,54)/b23-20-,34-32+. The number of rotatable bonds is 38. The van der Waals surface area contributed by atoms with Gasteiger partial charge in [0.25, 0.3) is 0 Å². The number of hydrogen-bond donors (Lipinski definition) is 7. The fourth-order valence-corrected chi connectivity index (χ4v) is 7.27. The van der Waals surface area contributed by atoms with E-state index >= 15 is 0 Å². The molecule has 1 fully saturated rings. The Bertz CT molecular complexity index is 948. The van der Waals surface area contributed by atoms with Crippen LogP contribution in [-0.4, -0.2) is 98.7 Å². The maximum atomic E-state index is 13.0. The number of allylic oxidation sites excluding steroid dienone is 3. The molecule has 1 rings (SSSR count). The lowest BCUT2D eigenvalue weighted by Gasteiger charge is -2.40. The van der Waals surface area contributed by atoms with E-state index in [2.05, 4.69) is 31.3 Å². The summed E-state index contributed by atoms with van der Waals surface area (Å²) in [5.74, 6) is -0.625. The van der Waals surface area contributed by atoms with Crippen LogP contribution in [0.5, 0.6) is 0 Å². The monoisotopic (exact) mass is 798 g/mol. The van der Waals surface area contributed by atoms with Gasteiger partial charge in [0, 0.05) is 0 Å². The van der Waals surface area contributed by atoms with Crippen molar-refractivity contribution in [1.82, 2.24) is 5.32 Å². The lowest BCUT2D eigenvalue weighted by molar-refractivity contribution is -0.302. The van der Waals surface area contributed by atoms with Crippen molar-refractivity contribution in [2.75, 3.05) is 13.2 Å². The van der Waals surface area contributed by atoms with Gasteiger partial charge in [-0.1, -0.05) is 179 Å². The lowest BCUT2D eigenvalue weighted by Crippen LogP contribution is -2.60. The number of ether oxygens (including phenoxy) is 2. The van der Waals surface area contributed by atoms with Gasteiger partial charge in [-0.3, -0.25) is 4.79 Å². The van der Waals surface area contributed by atoms with E-state index in [1.807, 2.05) is 6.08 Å². The Morgan fingerprint density at radius 3 is 1.50 bits per heavy atom. The number of carbonyl (C=O) groups is 1. The number of aliphatic hydroxyl groups is 6. The van der Waals surface area contributed by atoms with Crippen molar-refractivity contribution in [2.24, 2.45) is 0 Å². The van der Waals surface area contributed by atoms with Gasteiger partial charge in [0.15, 0.2) is 6.29 Å². The number of nitrogens with one attached hydrogen (secondary N) is 1. The fourth-order valence-electron chi connectivity index (χ4n) is 7.27. The molecule has 1 aliphatic rings. The summed E-state index contributed by atoms with van der Waals surface area (Å²) < 4.78 is 11.1. The first-order valence-electron chi connectivity index (χ1n) is 23.2. The van der Waals surface area contributed by atoms with Gasteiger partial charge in [-0.2, -0.15) is 0 Å². The van der Waals surface area contributed by atoms with Crippen LogP contribution in [0.1, 0.15) is 200 Å². The van der Waals surface area contributed by atoms with Crippen molar-refractivity contribution in [2.45, 2.75) is 249 Å². The molecule has 0 aromatic heterocycles. The van der Waals surface area contributed by atoms with E-state index in [9.17, 15) is 35.4 Å². The van der Waals surface area contributed by atoms with Crippen LogP contribution in [0.4, 0.5) is 0 Å². The van der Waals surface area contributed by atoms with Crippen molar-refractivity contribution >= 4 is 5.91 Å². The average molecular weight is 798 g/mol. The molecule has 8 atom stereocenters. The molecule has 0 bridgehead atoms.